The van der Waals surface area contributed by atoms with Crippen molar-refractivity contribution in [1.82, 2.24) is 0 Å². The van der Waals surface area contributed by atoms with E-state index in [-0.39, 0.29) is 17.6 Å². The largest absolute Gasteiger partial charge is 0.355 e. The molecule has 1 aliphatic rings. The van der Waals surface area contributed by atoms with Gasteiger partial charge >= 0.3 is 0 Å². The third-order valence-corrected chi connectivity index (χ3v) is 3.01. The van der Waals surface area contributed by atoms with Crippen molar-refractivity contribution in [3.8, 4) is 6.07 Å². The Morgan fingerprint density at radius 2 is 2.00 bits per heavy atom. The van der Waals surface area contributed by atoms with Gasteiger partial charge in [0.25, 0.3) is 0 Å². The summed E-state index contributed by atoms with van der Waals surface area (Å²) in [6.45, 7) is 4.17. The lowest BCUT2D eigenvalue weighted by Gasteiger charge is -2.17. The van der Waals surface area contributed by atoms with Crippen molar-refractivity contribution >= 4 is 0 Å². The molecule has 0 N–H and O–H groups in total. The molecule has 0 amide bonds. The molecule has 1 heterocycles. The van der Waals surface area contributed by atoms with Crippen molar-refractivity contribution in [2.75, 3.05) is 0 Å². The zero-order valence-electron chi connectivity index (χ0n) is 9.10. The highest BCUT2D eigenvalue weighted by atomic mass is 16.5. The van der Waals surface area contributed by atoms with Crippen molar-refractivity contribution in [2.24, 2.45) is 5.41 Å². The molecule has 1 aromatic carbocycles. The third kappa shape index (κ3) is 1.88. The number of ether oxygens (including phenoxy) is 1. The van der Waals surface area contributed by atoms with Crippen molar-refractivity contribution in [3.05, 3.63) is 35.9 Å². The van der Waals surface area contributed by atoms with Gasteiger partial charge in [-0.2, -0.15) is 5.26 Å². The first-order valence-corrected chi connectivity index (χ1v) is 5.23. The fourth-order valence-electron chi connectivity index (χ4n) is 2.05. The minimum atomic E-state index is -0.289. The lowest BCUT2D eigenvalue weighted by molar-refractivity contribution is 0.0552. The normalized spacial score (nSPS) is 28.6. The molecule has 2 heteroatoms. The maximum atomic E-state index is 8.99. The predicted octanol–water partition coefficient (Wildman–Crippen LogP) is 3.07. The number of benzene rings is 1. The van der Waals surface area contributed by atoms with Crippen LogP contribution in [0.25, 0.3) is 0 Å². The van der Waals surface area contributed by atoms with Gasteiger partial charge in [-0.1, -0.05) is 44.2 Å². The molecule has 2 nitrogen and oxygen atoms in total. The van der Waals surface area contributed by atoms with Crippen LogP contribution in [0.1, 0.15) is 31.9 Å². The third-order valence-electron chi connectivity index (χ3n) is 3.01. The van der Waals surface area contributed by atoms with Crippen LogP contribution in [-0.2, 0) is 4.74 Å². The first kappa shape index (κ1) is 10.2. The summed E-state index contributed by atoms with van der Waals surface area (Å²) in [4.78, 5) is 0. The van der Waals surface area contributed by atoms with Crippen molar-refractivity contribution in [1.29, 1.82) is 5.26 Å². The second kappa shape index (κ2) is 3.67. The number of hydrogen-bond acceptors (Lipinski definition) is 2. The van der Waals surface area contributed by atoms with E-state index in [9.17, 15) is 0 Å². The number of nitrogens with zero attached hydrogens (tertiary/aromatic N) is 1. The molecule has 0 bridgehead atoms. The first-order valence-electron chi connectivity index (χ1n) is 5.23. The summed E-state index contributed by atoms with van der Waals surface area (Å²) in [6, 6.07) is 12.3. The van der Waals surface area contributed by atoms with Crippen LogP contribution in [0.4, 0.5) is 0 Å². The minimum absolute atomic E-state index is 0.0464. The highest BCUT2D eigenvalue weighted by Crippen LogP contribution is 2.44. The molecule has 2 rings (SSSR count). The van der Waals surface area contributed by atoms with Crippen molar-refractivity contribution in [3.63, 3.8) is 0 Å². The van der Waals surface area contributed by atoms with Gasteiger partial charge in [0.05, 0.1) is 12.2 Å². The summed E-state index contributed by atoms with van der Waals surface area (Å²) in [5.41, 5.74) is 1.12. The predicted molar refractivity (Wildman–Crippen MR) is 58.1 cm³/mol. The highest BCUT2D eigenvalue weighted by molar-refractivity contribution is 5.20. The van der Waals surface area contributed by atoms with Gasteiger partial charge in [-0.3, -0.25) is 0 Å². The zero-order chi connectivity index (χ0) is 10.9. The van der Waals surface area contributed by atoms with E-state index in [1.54, 1.807) is 0 Å². The summed E-state index contributed by atoms with van der Waals surface area (Å²) in [5, 5.41) is 8.99. The maximum absolute atomic E-state index is 8.99. The molecular weight excluding hydrogens is 186 g/mol. The topological polar surface area (TPSA) is 33.0 Å². The molecule has 0 saturated carbocycles. The van der Waals surface area contributed by atoms with Crippen LogP contribution >= 0.6 is 0 Å². The Morgan fingerprint density at radius 1 is 1.33 bits per heavy atom. The van der Waals surface area contributed by atoms with Crippen molar-refractivity contribution in [2.45, 2.75) is 32.5 Å². The second-order valence-electron chi connectivity index (χ2n) is 4.74. The van der Waals surface area contributed by atoms with Gasteiger partial charge in [0, 0.05) is 5.41 Å². The molecule has 0 unspecified atom stereocenters. The number of nitriles is 1. The van der Waals surface area contributed by atoms with Gasteiger partial charge < -0.3 is 4.74 Å². The molecule has 1 fully saturated rings. The quantitative estimate of drug-likeness (QED) is 0.699. The van der Waals surface area contributed by atoms with Gasteiger partial charge in [-0.05, 0) is 12.0 Å². The Labute approximate surface area is 90.5 Å². The van der Waals surface area contributed by atoms with E-state index in [4.69, 9.17) is 10.00 Å². The SMILES string of the molecule is CC1(C)C[C@@H](c2ccccc2)O[C@@H]1C#N. The Bertz CT molecular complexity index is 377. The molecular formula is C13H15NO. The van der Waals surface area contributed by atoms with Crippen LogP contribution in [-0.4, -0.2) is 6.10 Å². The van der Waals surface area contributed by atoms with Gasteiger partial charge in [0.2, 0.25) is 0 Å². The minimum Gasteiger partial charge on any atom is -0.355 e. The average Bonchev–Trinajstić information content (AvgIpc) is 2.55. The molecule has 1 saturated heterocycles. The summed E-state index contributed by atoms with van der Waals surface area (Å²) in [6.07, 6.45) is 0.698. The molecule has 0 spiro atoms. The molecule has 78 valence electrons. The first-order chi connectivity index (χ1) is 7.13. The monoisotopic (exact) mass is 201 g/mol. The van der Waals surface area contributed by atoms with Gasteiger partial charge in [-0.25, -0.2) is 0 Å². The van der Waals surface area contributed by atoms with Crippen LogP contribution in [0.5, 0.6) is 0 Å². The molecule has 1 aromatic rings. The Balaban J connectivity index is 2.20. The lowest BCUT2D eigenvalue weighted by atomic mass is 9.83. The number of hydrogen-bond donors (Lipinski definition) is 0. The standard InChI is InChI=1S/C13H15NO/c1-13(2)8-11(15-12(13)9-14)10-6-4-3-5-7-10/h3-7,11-12H,8H2,1-2H3/t11-,12+/m0/s1. The van der Waals surface area contributed by atoms with E-state index < -0.39 is 0 Å². The molecule has 0 aliphatic carbocycles. The molecule has 0 radical (unpaired) electrons. The highest BCUT2D eigenvalue weighted by Gasteiger charge is 2.42. The van der Waals surface area contributed by atoms with Crippen LogP contribution in [0.3, 0.4) is 0 Å². The van der Waals surface area contributed by atoms with Crippen LogP contribution in [0.2, 0.25) is 0 Å². The van der Waals surface area contributed by atoms with E-state index >= 15 is 0 Å². The molecule has 0 aromatic heterocycles. The smallest absolute Gasteiger partial charge is 0.149 e. The Morgan fingerprint density at radius 3 is 2.53 bits per heavy atom. The van der Waals surface area contributed by atoms with Crippen molar-refractivity contribution < 1.29 is 4.74 Å². The van der Waals surface area contributed by atoms with Gasteiger partial charge in [0.15, 0.2) is 0 Å². The van der Waals surface area contributed by atoms with E-state index in [1.165, 1.54) is 5.56 Å². The maximum Gasteiger partial charge on any atom is 0.149 e. The fourth-order valence-corrected chi connectivity index (χ4v) is 2.05. The second-order valence-corrected chi connectivity index (χ2v) is 4.74. The fraction of sp³-hybridized carbons (Fsp3) is 0.462. The summed E-state index contributed by atoms with van der Waals surface area (Å²) in [5.74, 6) is 0. The molecule has 1 aliphatic heterocycles. The summed E-state index contributed by atoms with van der Waals surface area (Å²) >= 11 is 0. The van der Waals surface area contributed by atoms with Crippen LogP contribution < -0.4 is 0 Å². The van der Waals surface area contributed by atoms with Crippen LogP contribution in [0.15, 0.2) is 30.3 Å². The Hall–Kier alpha value is -1.33. The molecule has 2 atom stereocenters. The summed E-state index contributed by atoms with van der Waals surface area (Å²) in [7, 11) is 0. The van der Waals surface area contributed by atoms with Gasteiger partial charge in [0.1, 0.15) is 6.10 Å². The van der Waals surface area contributed by atoms with Gasteiger partial charge in [-0.15, -0.1) is 0 Å². The number of rotatable bonds is 1. The van der Waals surface area contributed by atoms with E-state index in [0.29, 0.717) is 0 Å². The lowest BCUT2D eigenvalue weighted by Crippen LogP contribution is -2.21. The Kier molecular flexibility index (Phi) is 2.50. The van der Waals surface area contributed by atoms with Crippen LogP contribution in [0, 0.1) is 16.7 Å². The molecule has 15 heavy (non-hydrogen) atoms. The van der Waals surface area contributed by atoms with E-state index in [2.05, 4.69) is 32.0 Å². The summed E-state index contributed by atoms with van der Waals surface area (Å²) < 4.78 is 5.75. The zero-order valence-corrected chi connectivity index (χ0v) is 9.10. The average molecular weight is 201 g/mol. The van der Waals surface area contributed by atoms with E-state index in [0.717, 1.165) is 6.42 Å². The van der Waals surface area contributed by atoms with E-state index in [1.807, 2.05) is 18.2 Å².